The summed E-state index contributed by atoms with van der Waals surface area (Å²) in [5, 5.41) is 65.9. The first-order valence-corrected chi connectivity index (χ1v) is 33.5. The van der Waals surface area contributed by atoms with E-state index in [-0.39, 0.29) is 64.6 Å². The van der Waals surface area contributed by atoms with Crippen molar-refractivity contribution in [1.82, 2.24) is 50.4 Å². The van der Waals surface area contributed by atoms with Gasteiger partial charge >= 0.3 is 0 Å². The molecular formula is C66H88Cl4N10O16. The highest BCUT2D eigenvalue weighted by Gasteiger charge is 2.37. The smallest absolute Gasteiger partial charge is 0.251 e. The van der Waals surface area contributed by atoms with E-state index >= 15 is 0 Å². The number of aliphatic hydroxyl groups is 4. The fourth-order valence-corrected chi connectivity index (χ4v) is 12.0. The molecule has 26 nitrogen and oxygen atoms in total. The van der Waals surface area contributed by atoms with Gasteiger partial charge in [0.1, 0.15) is 23.6 Å². The maximum Gasteiger partial charge on any atom is 0.251 e. The average molecular weight is 1420 g/mol. The minimum Gasteiger partial charge on any atom is -0.387 e. The number of halogens is 4. The Morgan fingerprint density at radius 1 is 0.469 bits per heavy atom. The lowest BCUT2D eigenvalue weighted by Crippen LogP contribution is -2.54. The Balaban J connectivity index is 0.537. The zero-order valence-electron chi connectivity index (χ0n) is 54.1. The van der Waals surface area contributed by atoms with Gasteiger partial charge in [-0.05, 0) is 83.9 Å². The number of rotatable bonds is 45. The van der Waals surface area contributed by atoms with Gasteiger partial charge in [0.15, 0.2) is 12.2 Å². The van der Waals surface area contributed by atoms with Crippen LogP contribution in [-0.4, -0.2) is 269 Å². The van der Waals surface area contributed by atoms with E-state index in [9.17, 15) is 30.0 Å². The number of carbonyl (C=O) groups excluding carboxylic acids is 2. The van der Waals surface area contributed by atoms with E-state index < -0.39 is 36.2 Å². The van der Waals surface area contributed by atoms with Crippen molar-refractivity contribution in [1.29, 1.82) is 0 Å². The van der Waals surface area contributed by atoms with Crippen LogP contribution in [0.3, 0.4) is 0 Å². The van der Waals surface area contributed by atoms with Crippen molar-refractivity contribution in [3.05, 3.63) is 139 Å². The maximum absolute atomic E-state index is 12.4. The summed E-state index contributed by atoms with van der Waals surface area (Å²) in [5.74, 6) is -1.85. The molecule has 0 aliphatic carbocycles. The first-order valence-electron chi connectivity index (χ1n) is 32.0. The lowest BCUT2D eigenvalue weighted by atomic mass is 9.84. The average Bonchev–Trinajstić information content (AvgIpc) is 0.944. The predicted octanol–water partition coefficient (Wildman–Crippen LogP) is 4.51. The summed E-state index contributed by atoms with van der Waals surface area (Å²) < 4.78 is 59.1. The molecule has 0 saturated carbocycles. The van der Waals surface area contributed by atoms with Crippen LogP contribution in [0.5, 0.6) is 0 Å². The zero-order chi connectivity index (χ0) is 68.0. The van der Waals surface area contributed by atoms with Crippen LogP contribution in [0.15, 0.2) is 85.2 Å². The Kier molecular flexibility index (Phi) is 32.8. The number of ether oxygens (including phenoxy) is 10. The summed E-state index contributed by atoms with van der Waals surface area (Å²) in [6.07, 6.45) is -4.83. The Bertz CT molecular complexity index is 3110. The summed E-state index contributed by atoms with van der Waals surface area (Å²) >= 11 is 26.0. The van der Waals surface area contributed by atoms with E-state index in [0.717, 1.165) is 82.1 Å². The van der Waals surface area contributed by atoms with Crippen LogP contribution in [0.4, 0.5) is 0 Å². The molecule has 2 aliphatic rings. The van der Waals surface area contributed by atoms with Crippen molar-refractivity contribution in [2.24, 2.45) is 0 Å². The van der Waals surface area contributed by atoms with Crippen LogP contribution >= 0.6 is 46.4 Å². The van der Waals surface area contributed by atoms with Crippen LogP contribution in [-0.2, 0) is 83.1 Å². The highest BCUT2D eigenvalue weighted by Crippen LogP contribution is 2.41. The minimum absolute atomic E-state index is 0.0386. The lowest BCUT2D eigenvalue weighted by molar-refractivity contribution is -0.155. The first-order chi connectivity index (χ1) is 46.6. The monoisotopic (exact) mass is 1420 g/mol. The number of carbonyl (C=O) groups is 2. The molecule has 96 heavy (non-hydrogen) atoms. The molecule has 6 aromatic rings. The van der Waals surface area contributed by atoms with Crippen LogP contribution in [0, 0.1) is 0 Å². The van der Waals surface area contributed by atoms with Crippen LogP contribution in [0.2, 0.25) is 20.1 Å². The van der Waals surface area contributed by atoms with Gasteiger partial charge in [-0.25, -0.2) is 9.36 Å². The van der Waals surface area contributed by atoms with Crippen molar-refractivity contribution in [3.63, 3.8) is 0 Å². The predicted molar refractivity (Wildman–Crippen MR) is 358 cm³/mol. The lowest BCUT2D eigenvalue weighted by Gasteiger charge is -2.33. The summed E-state index contributed by atoms with van der Waals surface area (Å²) in [7, 11) is 4.18. The summed E-state index contributed by atoms with van der Waals surface area (Å²) in [6.45, 7) is 10.7. The van der Waals surface area contributed by atoms with Gasteiger partial charge in [0.05, 0.1) is 158 Å². The number of nitrogens with zero attached hydrogens (tertiary/aromatic N) is 8. The Morgan fingerprint density at radius 2 is 0.792 bits per heavy atom. The van der Waals surface area contributed by atoms with Crippen molar-refractivity contribution in [3.8, 4) is 22.5 Å². The van der Waals surface area contributed by atoms with Crippen molar-refractivity contribution in [2.45, 2.75) is 62.4 Å². The van der Waals surface area contributed by atoms with Gasteiger partial charge in [-0.3, -0.25) is 9.59 Å². The number of hydrogen-bond donors (Lipinski definition) is 6. The van der Waals surface area contributed by atoms with E-state index in [1.54, 1.807) is 21.5 Å². The van der Waals surface area contributed by atoms with Gasteiger partial charge in [-0.1, -0.05) is 93.2 Å². The largest absolute Gasteiger partial charge is 0.387 e. The van der Waals surface area contributed by atoms with Crippen molar-refractivity contribution < 1.29 is 77.4 Å². The quantitative estimate of drug-likeness (QED) is 0.0287. The molecule has 526 valence electrons. The Hall–Kier alpha value is -5.38. The van der Waals surface area contributed by atoms with Crippen LogP contribution in [0.25, 0.3) is 22.5 Å². The second-order valence-electron chi connectivity index (χ2n) is 23.0. The van der Waals surface area contributed by atoms with Gasteiger partial charge in [-0.15, -0.1) is 10.2 Å². The van der Waals surface area contributed by atoms with E-state index in [2.05, 4.69) is 79.4 Å². The highest BCUT2D eigenvalue weighted by molar-refractivity contribution is 6.35. The van der Waals surface area contributed by atoms with E-state index in [1.165, 1.54) is 0 Å². The number of hydrogen-bond acceptors (Lipinski definition) is 22. The standard InChI is InChI=1S/C66H88Cl4N10O16/c1-77-39-53(51-35-49(67)37-57(69)55(51)41-77)45-5-3-7-47(33-45)59-43-79(75-73-59)11-15-89-19-23-93-27-31-95-29-25-91-21-17-87-13-9-71-65(85)63(83)61(81)62(82)64(84)66(86)72-10-14-88-18-22-92-26-30-96-32-28-94-24-20-90-16-12-80-44-60(74-76-80)48-8-4-6-46(34-48)54-40-78(2)42-56-52(54)36-50(68)38-58(56)70/h3-8,33-38,43-44,53-54,61-64,81-84H,9-32,39-42H2,1-2H3,(H,71,85)(H,72,86)/t53-,54-,61-,62+,63+,64-/m0/s1. The number of aromatic nitrogens is 6. The molecule has 2 amide bonds. The molecule has 4 aromatic carbocycles. The summed E-state index contributed by atoms with van der Waals surface area (Å²) in [4.78, 5) is 29.3. The van der Waals surface area contributed by atoms with Gasteiger partial charge < -0.3 is 88.2 Å². The molecule has 0 bridgehead atoms. The number of aliphatic hydroxyl groups excluding tert-OH is 4. The highest BCUT2D eigenvalue weighted by atomic mass is 35.5. The molecule has 4 heterocycles. The van der Waals surface area contributed by atoms with Gasteiger partial charge in [-0.2, -0.15) is 0 Å². The number of fused-ring (bicyclic) bond motifs is 2. The molecule has 6 atom stereocenters. The number of benzene rings is 4. The third-order valence-electron chi connectivity index (χ3n) is 15.8. The summed E-state index contributed by atoms with van der Waals surface area (Å²) in [6, 6.07) is 24.3. The fraction of sp³-hybridized carbons (Fsp3) is 0.545. The molecule has 8 rings (SSSR count). The molecule has 0 saturated heterocycles. The third kappa shape index (κ3) is 24.5. The topological polar surface area (TPSA) is 299 Å². The van der Waals surface area contributed by atoms with E-state index in [0.29, 0.717) is 126 Å². The van der Waals surface area contributed by atoms with Crippen molar-refractivity contribution >= 4 is 58.2 Å². The van der Waals surface area contributed by atoms with Crippen LogP contribution < -0.4 is 10.6 Å². The summed E-state index contributed by atoms with van der Waals surface area (Å²) in [5.41, 5.74) is 10.3. The SMILES string of the molecule is CN1Cc2c(Cl)cc(Cl)cc2[C@H](c2cccc(-c3cn(CCOCCOCCOCCOCCOCCNC(=O)[C@@H](O)[C@H](O)[C@H](O)[C@@H](O)C(=O)NCCOCCOCCOCCOCCOCCn4cc(-c5cccc([C@@H]6CN(C)Cc7c(Cl)cc(Cl)cc76)c5)nn4)nn3)c2)C1. The molecule has 0 radical (unpaired) electrons. The second-order valence-corrected chi connectivity index (χ2v) is 24.7. The normalized spacial score (nSPS) is 16.3. The Morgan fingerprint density at radius 3 is 1.14 bits per heavy atom. The molecule has 0 fully saturated rings. The van der Waals surface area contributed by atoms with E-state index in [1.807, 2.05) is 48.8 Å². The van der Waals surface area contributed by atoms with Crippen molar-refractivity contribution in [2.75, 3.05) is 172 Å². The molecule has 2 aliphatic heterocycles. The Labute approximate surface area is 579 Å². The number of nitrogens with one attached hydrogen (secondary N) is 2. The molecule has 30 heteroatoms. The van der Waals surface area contributed by atoms with Gasteiger partial charge in [0.2, 0.25) is 0 Å². The van der Waals surface area contributed by atoms with Crippen LogP contribution in [0.1, 0.15) is 45.2 Å². The molecule has 2 aromatic heterocycles. The second kappa shape index (κ2) is 41.3. The molecular weight excluding hydrogens is 1330 g/mol. The third-order valence-corrected chi connectivity index (χ3v) is 16.9. The maximum atomic E-state index is 12.4. The number of likely N-dealkylation sites (N-methyl/N-ethyl adjacent to an activating group) is 2. The molecule has 0 spiro atoms. The van der Waals surface area contributed by atoms with E-state index in [4.69, 9.17) is 93.8 Å². The van der Waals surface area contributed by atoms with Gasteiger partial charge in [0.25, 0.3) is 11.8 Å². The number of amides is 2. The zero-order valence-corrected chi connectivity index (χ0v) is 57.1. The molecule has 0 unspecified atom stereocenters. The molecule has 6 N–H and O–H groups in total. The minimum atomic E-state index is -2.17. The van der Waals surface area contributed by atoms with Gasteiger partial charge in [0, 0.05) is 82.3 Å². The first kappa shape index (κ1) is 76.4. The fourth-order valence-electron chi connectivity index (χ4n) is 10.8.